The number of halogens is 1. The lowest BCUT2D eigenvalue weighted by Crippen LogP contribution is -2.10. The van der Waals surface area contributed by atoms with Crippen LogP contribution >= 0.6 is 0 Å². The number of aliphatic hydroxyl groups is 1. The maximum absolute atomic E-state index is 12.9. The zero-order chi connectivity index (χ0) is 11.5. The smallest absolute Gasteiger partial charge is 0.201 e. The van der Waals surface area contributed by atoms with Crippen molar-refractivity contribution < 1.29 is 9.50 Å². The van der Waals surface area contributed by atoms with Gasteiger partial charge in [0.25, 0.3) is 0 Å². The molecule has 86 valence electrons. The Bertz CT molecular complexity index is 481. The number of nitrogens with one attached hydrogen (secondary N) is 2. The standard InChI is InChI=1S/C11H14FN3O/c1-7(16)4-5-13-11-14-9-3-2-8(12)6-10(9)15-11/h2-3,6-7,16H,4-5H2,1H3,(H2,13,14,15). The van der Waals surface area contributed by atoms with Gasteiger partial charge in [-0.05, 0) is 31.5 Å². The van der Waals surface area contributed by atoms with Crippen molar-refractivity contribution in [3.63, 3.8) is 0 Å². The third-order valence-corrected chi connectivity index (χ3v) is 2.30. The number of hydrogen-bond acceptors (Lipinski definition) is 3. The van der Waals surface area contributed by atoms with Crippen LogP contribution in [0.4, 0.5) is 10.3 Å². The average molecular weight is 223 g/mol. The quantitative estimate of drug-likeness (QED) is 0.741. The first-order valence-electron chi connectivity index (χ1n) is 5.22. The lowest BCUT2D eigenvalue weighted by molar-refractivity contribution is 0.188. The summed E-state index contributed by atoms with van der Waals surface area (Å²) in [5, 5.41) is 12.1. The number of aliphatic hydroxyl groups excluding tert-OH is 1. The highest BCUT2D eigenvalue weighted by atomic mass is 19.1. The van der Waals surface area contributed by atoms with Gasteiger partial charge in [0.05, 0.1) is 17.1 Å². The molecule has 1 atom stereocenters. The highest BCUT2D eigenvalue weighted by Crippen LogP contribution is 2.15. The molecule has 1 unspecified atom stereocenters. The molecule has 0 aliphatic rings. The maximum Gasteiger partial charge on any atom is 0.201 e. The minimum absolute atomic E-state index is 0.285. The molecule has 0 saturated heterocycles. The first-order chi connectivity index (χ1) is 7.65. The van der Waals surface area contributed by atoms with Gasteiger partial charge in [0.1, 0.15) is 5.82 Å². The van der Waals surface area contributed by atoms with Crippen molar-refractivity contribution in [3.8, 4) is 0 Å². The van der Waals surface area contributed by atoms with Crippen LogP contribution in [0.3, 0.4) is 0 Å². The molecule has 0 aliphatic heterocycles. The van der Waals surface area contributed by atoms with Gasteiger partial charge in [0, 0.05) is 6.54 Å². The van der Waals surface area contributed by atoms with E-state index in [1.165, 1.54) is 12.1 Å². The Morgan fingerprint density at radius 2 is 2.38 bits per heavy atom. The number of aromatic amines is 1. The van der Waals surface area contributed by atoms with Crippen LogP contribution < -0.4 is 5.32 Å². The predicted molar refractivity (Wildman–Crippen MR) is 60.8 cm³/mol. The van der Waals surface area contributed by atoms with Crippen molar-refractivity contribution in [3.05, 3.63) is 24.0 Å². The van der Waals surface area contributed by atoms with Gasteiger partial charge < -0.3 is 15.4 Å². The minimum Gasteiger partial charge on any atom is -0.393 e. The Hall–Kier alpha value is -1.62. The van der Waals surface area contributed by atoms with Crippen molar-refractivity contribution >= 4 is 17.0 Å². The molecule has 0 aliphatic carbocycles. The van der Waals surface area contributed by atoms with Crippen LogP contribution in [-0.4, -0.2) is 27.7 Å². The van der Waals surface area contributed by atoms with Gasteiger partial charge in [0.2, 0.25) is 5.95 Å². The van der Waals surface area contributed by atoms with Crippen molar-refractivity contribution in [2.45, 2.75) is 19.4 Å². The highest BCUT2D eigenvalue weighted by Gasteiger charge is 2.03. The molecule has 0 spiro atoms. The zero-order valence-electron chi connectivity index (χ0n) is 9.00. The van der Waals surface area contributed by atoms with Gasteiger partial charge in [-0.3, -0.25) is 0 Å². The van der Waals surface area contributed by atoms with Gasteiger partial charge in [-0.25, -0.2) is 9.37 Å². The van der Waals surface area contributed by atoms with E-state index in [0.29, 0.717) is 24.4 Å². The number of benzene rings is 1. The third kappa shape index (κ3) is 2.49. The fourth-order valence-corrected chi connectivity index (χ4v) is 1.47. The molecule has 5 heteroatoms. The van der Waals surface area contributed by atoms with Crippen LogP contribution in [0.25, 0.3) is 11.0 Å². The normalized spacial score (nSPS) is 12.9. The first kappa shape index (κ1) is 10.9. The highest BCUT2D eigenvalue weighted by molar-refractivity contribution is 5.77. The molecule has 0 amide bonds. The number of imidazole rings is 1. The van der Waals surface area contributed by atoms with E-state index >= 15 is 0 Å². The van der Waals surface area contributed by atoms with E-state index in [9.17, 15) is 4.39 Å². The van der Waals surface area contributed by atoms with Gasteiger partial charge in [0.15, 0.2) is 0 Å². The predicted octanol–water partition coefficient (Wildman–Crippen LogP) is 1.88. The summed E-state index contributed by atoms with van der Waals surface area (Å²) in [6, 6.07) is 4.41. The van der Waals surface area contributed by atoms with E-state index in [1.807, 2.05) is 0 Å². The zero-order valence-corrected chi connectivity index (χ0v) is 9.00. The fourth-order valence-electron chi connectivity index (χ4n) is 1.47. The summed E-state index contributed by atoms with van der Waals surface area (Å²) in [7, 11) is 0. The second-order valence-corrected chi connectivity index (χ2v) is 3.81. The summed E-state index contributed by atoms with van der Waals surface area (Å²) in [6.45, 7) is 2.36. The van der Waals surface area contributed by atoms with E-state index in [-0.39, 0.29) is 11.9 Å². The molecule has 1 aromatic carbocycles. The monoisotopic (exact) mass is 223 g/mol. The number of nitrogens with zero attached hydrogens (tertiary/aromatic N) is 1. The Kier molecular flexibility index (Phi) is 3.05. The third-order valence-electron chi connectivity index (χ3n) is 2.30. The molecular weight excluding hydrogens is 209 g/mol. The molecule has 2 aromatic rings. The lowest BCUT2D eigenvalue weighted by atomic mass is 10.3. The van der Waals surface area contributed by atoms with Gasteiger partial charge in [-0.15, -0.1) is 0 Å². The summed E-state index contributed by atoms with van der Waals surface area (Å²) in [6.07, 6.45) is 0.306. The van der Waals surface area contributed by atoms with Crippen LogP contribution in [-0.2, 0) is 0 Å². The lowest BCUT2D eigenvalue weighted by Gasteiger charge is -2.04. The largest absolute Gasteiger partial charge is 0.393 e. The summed E-state index contributed by atoms with van der Waals surface area (Å²) in [5.41, 5.74) is 1.39. The maximum atomic E-state index is 12.9. The van der Waals surface area contributed by atoms with E-state index in [4.69, 9.17) is 5.11 Å². The SMILES string of the molecule is CC(O)CCNc1nc2ccc(F)cc2[nH]1. The Morgan fingerprint density at radius 1 is 1.56 bits per heavy atom. The summed E-state index contributed by atoms with van der Waals surface area (Å²) < 4.78 is 12.9. The molecule has 4 nitrogen and oxygen atoms in total. The first-order valence-corrected chi connectivity index (χ1v) is 5.22. The topological polar surface area (TPSA) is 60.9 Å². The average Bonchev–Trinajstić information content (AvgIpc) is 2.58. The molecule has 1 heterocycles. The second-order valence-electron chi connectivity index (χ2n) is 3.81. The van der Waals surface area contributed by atoms with E-state index < -0.39 is 0 Å². The Balaban J connectivity index is 2.08. The van der Waals surface area contributed by atoms with E-state index in [2.05, 4.69) is 15.3 Å². The molecule has 0 saturated carbocycles. The van der Waals surface area contributed by atoms with E-state index in [0.717, 1.165) is 5.52 Å². The number of fused-ring (bicyclic) bond motifs is 1. The number of rotatable bonds is 4. The van der Waals surface area contributed by atoms with Crippen LogP contribution in [0, 0.1) is 5.82 Å². The van der Waals surface area contributed by atoms with Crippen molar-refractivity contribution in [2.24, 2.45) is 0 Å². The van der Waals surface area contributed by atoms with Gasteiger partial charge >= 0.3 is 0 Å². The molecule has 0 fully saturated rings. The van der Waals surface area contributed by atoms with Crippen molar-refractivity contribution in [1.29, 1.82) is 0 Å². The summed E-state index contributed by atoms with van der Waals surface area (Å²) in [5.74, 6) is 0.313. The van der Waals surface area contributed by atoms with E-state index in [1.54, 1.807) is 13.0 Å². The summed E-state index contributed by atoms with van der Waals surface area (Å²) >= 11 is 0. The van der Waals surface area contributed by atoms with Crippen molar-refractivity contribution in [1.82, 2.24) is 9.97 Å². The van der Waals surface area contributed by atoms with Crippen LogP contribution in [0.5, 0.6) is 0 Å². The molecule has 16 heavy (non-hydrogen) atoms. The number of anilines is 1. The Morgan fingerprint density at radius 3 is 3.12 bits per heavy atom. The molecule has 2 rings (SSSR count). The fraction of sp³-hybridized carbons (Fsp3) is 0.364. The number of hydrogen-bond donors (Lipinski definition) is 3. The molecule has 0 radical (unpaired) electrons. The van der Waals surface area contributed by atoms with Crippen LogP contribution in [0.1, 0.15) is 13.3 Å². The molecule has 1 aromatic heterocycles. The molecule has 0 bridgehead atoms. The molecular formula is C11H14FN3O. The van der Waals surface area contributed by atoms with Crippen LogP contribution in [0.2, 0.25) is 0 Å². The van der Waals surface area contributed by atoms with Gasteiger partial charge in [-0.2, -0.15) is 0 Å². The van der Waals surface area contributed by atoms with Crippen LogP contribution in [0.15, 0.2) is 18.2 Å². The molecule has 3 N–H and O–H groups in total. The van der Waals surface area contributed by atoms with Gasteiger partial charge in [-0.1, -0.05) is 0 Å². The Labute approximate surface area is 92.5 Å². The van der Waals surface area contributed by atoms with Crippen molar-refractivity contribution in [2.75, 3.05) is 11.9 Å². The second kappa shape index (κ2) is 4.49. The number of H-pyrrole nitrogens is 1. The summed E-state index contributed by atoms with van der Waals surface area (Å²) in [4.78, 5) is 7.20. The minimum atomic E-state index is -0.339. The number of aromatic nitrogens is 2.